The molecule has 0 aliphatic carbocycles. The molecule has 2 heterocycles. The van der Waals surface area contributed by atoms with Crippen LogP contribution in [0.1, 0.15) is 16.2 Å². The summed E-state index contributed by atoms with van der Waals surface area (Å²) in [7, 11) is 0. The Bertz CT molecular complexity index is 531. The Morgan fingerprint density at radius 1 is 1.50 bits per heavy atom. The Hall–Kier alpha value is -1.81. The smallest absolute Gasteiger partial charge is 0.352 e. The molecular formula is C11H9ClN2O2. The average molecular weight is 237 g/mol. The predicted molar refractivity (Wildman–Crippen MR) is 60.3 cm³/mol. The van der Waals surface area contributed by atoms with Crippen molar-refractivity contribution in [1.82, 2.24) is 9.55 Å². The minimum Gasteiger partial charge on any atom is -0.477 e. The fourth-order valence-corrected chi connectivity index (χ4v) is 1.61. The van der Waals surface area contributed by atoms with Crippen molar-refractivity contribution in [3.63, 3.8) is 0 Å². The first-order chi connectivity index (χ1) is 7.58. The number of aromatic nitrogens is 2. The Kier molecular flexibility index (Phi) is 2.66. The number of carbonyl (C=O) groups is 1. The summed E-state index contributed by atoms with van der Waals surface area (Å²) in [6.45, 7) is 1.87. The van der Waals surface area contributed by atoms with Gasteiger partial charge in [-0.2, -0.15) is 0 Å². The lowest BCUT2D eigenvalue weighted by Gasteiger charge is -2.05. The molecule has 1 N–H and O–H groups in total. The molecule has 0 saturated carbocycles. The van der Waals surface area contributed by atoms with Crippen LogP contribution in [0.4, 0.5) is 0 Å². The highest BCUT2D eigenvalue weighted by atomic mass is 35.5. The third-order valence-corrected chi connectivity index (χ3v) is 2.39. The topological polar surface area (TPSA) is 55.1 Å². The number of nitrogens with zero attached hydrogens (tertiary/aromatic N) is 2. The Balaban J connectivity index is 2.55. The van der Waals surface area contributed by atoms with E-state index in [1.54, 1.807) is 18.5 Å². The summed E-state index contributed by atoms with van der Waals surface area (Å²) in [6, 6.07) is 5.02. The van der Waals surface area contributed by atoms with Crippen molar-refractivity contribution in [3.05, 3.63) is 47.0 Å². The van der Waals surface area contributed by atoms with Gasteiger partial charge in [0, 0.05) is 11.9 Å². The van der Waals surface area contributed by atoms with E-state index in [1.165, 1.54) is 10.6 Å². The lowest BCUT2D eigenvalue weighted by Crippen LogP contribution is -2.05. The van der Waals surface area contributed by atoms with Crippen LogP contribution in [-0.2, 0) is 0 Å². The lowest BCUT2D eigenvalue weighted by atomic mass is 10.3. The number of carboxylic acids is 1. The standard InChI is InChI=1S/C11H9ClN2O2/c1-7-2-3-9(5-13-7)14-6-8(12)4-10(14)11(15)16/h2-6H,1H3,(H,15,16). The molecule has 0 fully saturated rings. The molecule has 16 heavy (non-hydrogen) atoms. The molecule has 0 saturated heterocycles. The van der Waals surface area contributed by atoms with Gasteiger partial charge in [-0.15, -0.1) is 0 Å². The molecule has 0 atom stereocenters. The lowest BCUT2D eigenvalue weighted by molar-refractivity contribution is 0.0688. The molecule has 82 valence electrons. The summed E-state index contributed by atoms with van der Waals surface area (Å²) < 4.78 is 1.50. The molecule has 0 spiro atoms. The van der Waals surface area contributed by atoms with Crippen molar-refractivity contribution >= 4 is 17.6 Å². The van der Waals surface area contributed by atoms with E-state index in [9.17, 15) is 4.79 Å². The average Bonchev–Trinajstić information content (AvgIpc) is 2.61. The van der Waals surface area contributed by atoms with E-state index in [4.69, 9.17) is 16.7 Å². The molecule has 5 heteroatoms. The van der Waals surface area contributed by atoms with E-state index in [0.717, 1.165) is 5.69 Å². The normalized spacial score (nSPS) is 10.4. The number of aromatic carboxylic acids is 1. The molecular weight excluding hydrogens is 228 g/mol. The zero-order valence-electron chi connectivity index (χ0n) is 8.51. The van der Waals surface area contributed by atoms with Crippen molar-refractivity contribution in [2.24, 2.45) is 0 Å². The first-order valence-electron chi connectivity index (χ1n) is 4.62. The van der Waals surface area contributed by atoms with Gasteiger partial charge < -0.3 is 9.67 Å². The van der Waals surface area contributed by atoms with Crippen LogP contribution in [0.3, 0.4) is 0 Å². The van der Waals surface area contributed by atoms with Gasteiger partial charge in [0.25, 0.3) is 0 Å². The molecule has 2 aromatic heterocycles. The van der Waals surface area contributed by atoms with Gasteiger partial charge in [0.1, 0.15) is 5.69 Å². The Labute approximate surface area is 97.1 Å². The van der Waals surface area contributed by atoms with Crippen molar-refractivity contribution in [3.8, 4) is 5.69 Å². The van der Waals surface area contributed by atoms with Gasteiger partial charge in [-0.05, 0) is 25.1 Å². The van der Waals surface area contributed by atoms with Gasteiger partial charge in [0.2, 0.25) is 0 Å². The molecule has 0 radical (unpaired) electrons. The highest BCUT2D eigenvalue weighted by molar-refractivity contribution is 6.31. The zero-order chi connectivity index (χ0) is 11.7. The molecule has 0 amide bonds. The van der Waals surface area contributed by atoms with Crippen LogP contribution < -0.4 is 0 Å². The van der Waals surface area contributed by atoms with Crippen LogP contribution in [0, 0.1) is 6.92 Å². The first kappa shape index (κ1) is 10.7. The molecule has 4 nitrogen and oxygen atoms in total. The minimum absolute atomic E-state index is 0.121. The number of hydrogen-bond donors (Lipinski definition) is 1. The fourth-order valence-electron chi connectivity index (χ4n) is 1.41. The predicted octanol–water partition coefficient (Wildman–Crippen LogP) is 2.53. The van der Waals surface area contributed by atoms with Crippen molar-refractivity contribution < 1.29 is 9.90 Å². The number of halogens is 1. The number of pyridine rings is 1. The van der Waals surface area contributed by atoms with Crippen molar-refractivity contribution in [1.29, 1.82) is 0 Å². The molecule has 0 bridgehead atoms. The quantitative estimate of drug-likeness (QED) is 0.872. The molecule has 2 aromatic rings. The van der Waals surface area contributed by atoms with Crippen LogP contribution in [0.2, 0.25) is 5.02 Å². The van der Waals surface area contributed by atoms with Gasteiger partial charge >= 0.3 is 5.97 Å². The molecule has 0 aliphatic rings. The highest BCUT2D eigenvalue weighted by Crippen LogP contribution is 2.19. The number of hydrogen-bond acceptors (Lipinski definition) is 2. The fraction of sp³-hybridized carbons (Fsp3) is 0.0909. The summed E-state index contributed by atoms with van der Waals surface area (Å²) in [4.78, 5) is 15.1. The first-order valence-corrected chi connectivity index (χ1v) is 5.00. The largest absolute Gasteiger partial charge is 0.477 e. The van der Waals surface area contributed by atoms with Gasteiger partial charge in [-0.3, -0.25) is 4.98 Å². The van der Waals surface area contributed by atoms with E-state index in [1.807, 2.05) is 13.0 Å². The summed E-state index contributed by atoms with van der Waals surface area (Å²) >= 11 is 5.79. The van der Waals surface area contributed by atoms with Crippen LogP contribution in [0.5, 0.6) is 0 Å². The summed E-state index contributed by atoms with van der Waals surface area (Å²) in [5.74, 6) is -1.02. The van der Waals surface area contributed by atoms with Gasteiger partial charge in [-0.25, -0.2) is 4.79 Å². The van der Waals surface area contributed by atoms with Crippen LogP contribution in [0.15, 0.2) is 30.6 Å². The maximum atomic E-state index is 11.0. The summed E-state index contributed by atoms with van der Waals surface area (Å²) in [5.41, 5.74) is 1.67. The van der Waals surface area contributed by atoms with Gasteiger partial charge in [0.05, 0.1) is 16.9 Å². The number of carboxylic acid groups (broad SMARTS) is 1. The second-order valence-electron chi connectivity index (χ2n) is 3.38. The van der Waals surface area contributed by atoms with Gasteiger partial charge in [-0.1, -0.05) is 11.6 Å². The molecule has 0 aromatic carbocycles. The van der Waals surface area contributed by atoms with Crippen LogP contribution >= 0.6 is 11.6 Å². The van der Waals surface area contributed by atoms with Crippen LogP contribution in [0.25, 0.3) is 5.69 Å². The molecule has 0 aliphatic heterocycles. The maximum absolute atomic E-state index is 11.0. The van der Waals surface area contributed by atoms with E-state index in [2.05, 4.69) is 4.98 Å². The summed E-state index contributed by atoms with van der Waals surface area (Å²) in [5, 5.41) is 9.38. The zero-order valence-corrected chi connectivity index (χ0v) is 9.27. The Morgan fingerprint density at radius 3 is 2.81 bits per heavy atom. The minimum atomic E-state index is -1.02. The highest BCUT2D eigenvalue weighted by Gasteiger charge is 2.12. The van der Waals surface area contributed by atoms with E-state index >= 15 is 0 Å². The Morgan fingerprint density at radius 2 is 2.25 bits per heavy atom. The van der Waals surface area contributed by atoms with Crippen LogP contribution in [-0.4, -0.2) is 20.6 Å². The van der Waals surface area contributed by atoms with E-state index in [-0.39, 0.29) is 5.69 Å². The van der Waals surface area contributed by atoms with E-state index in [0.29, 0.717) is 10.7 Å². The number of rotatable bonds is 2. The maximum Gasteiger partial charge on any atom is 0.352 e. The molecule has 0 unspecified atom stereocenters. The third-order valence-electron chi connectivity index (χ3n) is 2.18. The van der Waals surface area contributed by atoms with Crippen molar-refractivity contribution in [2.75, 3.05) is 0 Å². The number of aryl methyl sites for hydroxylation is 1. The summed E-state index contributed by atoms with van der Waals surface area (Å²) in [6.07, 6.45) is 3.16. The van der Waals surface area contributed by atoms with E-state index < -0.39 is 5.97 Å². The molecule has 2 rings (SSSR count). The van der Waals surface area contributed by atoms with Crippen molar-refractivity contribution in [2.45, 2.75) is 6.92 Å². The monoisotopic (exact) mass is 236 g/mol. The second-order valence-corrected chi connectivity index (χ2v) is 3.81. The SMILES string of the molecule is Cc1ccc(-n2cc(Cl)cc2C(=O)O)cn1. The van der Waals surface area contributed by atoms with Gasteiger partial charge in [0.15, 0.2) is 0 Å². The second kappa shape index (κ2) is 3.98. The third kappa shape index (κ3) is 1.92.